The van der Waals surface area contributed by atoms with Crippen LogP contribution < -0.4 is 4.90 Å². The molecule has 0 atom stereocenters. The normalized spacial score (nSPS) is 10.8. The number of nitro benzene ring substituents is 1. The van der Waals surface area contributed by atoms with E-state index in [-0.39, 0.29) is 17.3 Å². The summed E-state index contributed by atoms with van der Waals surface area (Å²) >= 11 is 9.32. The summed E-state index contributed by atoms with van der Waals surface area (Å²) in [5.41, 5.74) is 2.48. The molecule has 0 saturated heterocycles. The number of rotatable bonds is 8. The molecule has 146 valence electrons. The van der Waals surface area contributed by atoms with Gasteiger partial charge in [-0.3, -0.25) is 10.1 Å². The lowest BCUT2D eigenvalue weighted by Crippen LogP contribution is -2.27. The highest BCUT2D eigenvalue weighted by atomic mass is 79.9. The topological polar surface area (TPSA) is 115 Å². The first-order chi connectivity index (χ1) is 13.4. The predicted octanol–water partition coefficient (Wildman–Crippen LogP) is 5.45. The molecule has 0 spiro atoms. The van der Waals surface area contributed by atoms with E-state index in [1.165, 1.54) is 12.1 Å². The summed E-state index contributed by atoms with van der Waals surface area (Å²) in [7, 11) is 0. The number of nitro groups is 1. The van der Waals surface area contributed by atoms with Crippen molar-refractivity contribution in [1.29, 1.82) is 5.26 Å². The Hall–Kier alpha value is -2.54. The minimum absolute atomic E-state index is 0.0153. The second-order valence-electron chi connectivity index (χ2n) is 5.80. The average molecular weight is 467 g/mol. The molecule has 0 aliphatic rings. The van der Waals surface area contributed by atoms with Crippen LogP contribution >= 0.6 is 27.5 Å². The van der Waals surface area contributed by atoms with E-state index in [2.05, 4.69) is 32.2 Å². The van der Waals surface area contributed by atoms with Gasteiger partial charge in [0, 0.05) is 30.9 Å². The van der Waals surface area contributed by atoms with Crippen LogP contribution in [0.2, 0.25) is 5.02 Å². The van der Waals surface area contributed by atoms with Gasteiger partial charge in [-0.1, -0.05) is 11.6 Å². The lowest BCUT2D eigenvalue weighted by Gasteiger charge is -2.23. The van der Waals surface area contributed by atoms with Gasteiger partial charge >= 0.3 is 0 Å². The zero-order chi connectivity index (χ0) is 20.7. The molecule has 0 aliphatic carbocycles. The smallest absolute Gasteiger partial charge is 0.272 e. The summed E-state index contributed by atoms with van der Waals surface area (Å²) in [6.45, 7) is 2.79. The number of aliphatic hydroxyl groups is 1. The van der Waals surface area contributed by atoms with Crippen molar-refractivity contribution in [1.82, 2.24) is 0 Å². The van der Waals surface area contributed by atoms with Gasteiger partial charge in [0.05, 0.1) is 39.2 Å². The highest BCUT2D eigenvalue weighted by Crippen LogP contribution is 2.38. The van der Waals surface area contributed by atoms with Crippen LogP contribution in [0.3, 0.4) is 0 Å². The van der Waals surface area contributed by atoms with Crippen LogP contribution in [0.4, 0.5) is 22.7 Å². The van der Waals surface area contributed by atoms with E-state index in [4.69, 9.17) is 16.9 Å². The average Bonchev–Trinajstić information content (AvgIpc) is 2.65. The quantitative estimate of drug-likeness (QED) is 0.316. The molecular weight excluding hydrogens is 450 g/mol. The van der Waals surface area contributed by atoms with E-state index in [1.54, 1.807) is 6.07 Å². The molecule has 0 bridgehead atoms. The number of anilines is 1. The molecular formula is C18H17BrClN5O3. The van der Waals surface area contributed by atoms with E-state index in [1.807, 2.05) is 24.0 Å². The maximum Gasteiger partial charge on any atom is 0.272 e. The molecule has 2 rings (SSSR count). The first-order valence-corrected chi connectivity index (χ1v) is 9.43. The summed E-state index contributed by atoms with van der Waals surface area (Å²) in [5.74, 6) is 0. The van der Waals surface area contributed by atoms with Crippen LogP contribution in [0.25, 0.3) is 0 Å². The van der Waals surface area contributed by atoms with Gasteiger partial charge in [-0.2, -0.15) is 10.4 Å². The number of azo groups is 1. The molecule has 0 fully saturated rings. The van der Waals surface area contributed by atoms with Gasteiger partial charge in [0.1, 0.15) is 5.69 Å². The number of nitrogens with zero attached hydrogens (tertiary/aromatic N) is 5. The van der Waals surface area contributed by atoms with Crippen molar-refractivity contribution in [2.24, 2.45) is 10.2 Å². The Morgan fingerprint density at radius 1 is 1.32 bits per heavy atom. The van der Waals surface area contributed by atoms with Gasteiger partial charge in [-0.05, 0) is 46.6 Å². The molecule has 2 aromatic rings. The van der Waals surface area contributed by atoms with E-state index in [0.29, 0.717) is 35.4 Å². The zero-order valence-electron chi connectivity index (χ0n) is 15.0. The van der Waals surface area contributed by atoms with Crippen LogP contribution in [0.1, 0.15) is 12.0 Å². The van der Waals surface area contributed by atoms with Crippen LogP contribution in [-0.2, 0) is 0 Å². The first kappa shape index (κ1) is 21.8. The van der Waals surface area contributed by atoms with Gasteiger partial charge in [0.25, 0.3) is 5.69 Å². The Balaban J connectivity index is 2.28. The zero-order valence-corrected chi connectivity index (χ0v) is 17.3. The second kappa shape index (κ2) is 10.1. The summed E-state index contributed by atoms with van der Waals surface area (Å²) in [6.07, 6.45) is 0.354. The number of benzene rings is 2. The molecule has 10 heteroatoms. The highest BCUT2D eigenvalue weighted by Gasteiger charge is 2.14. The van der Waals surface area contributed by atoms with Crippen molar-refractivity contribution in [3.63, 3.8) is 0 Å². The molecule has 0 aliphatic heterocycles. The fourth-order valence-corrected chi connectivity index (χ4v) is 3.37. The number of hydrogen-bond donors (Lipinski definition) is 1. The number of aliphatic hydroxyl groups excluding tert-OH is 1. The fraction of sp³-hybridized carbons (Fsp3) is 0.278. The summed E-state index contributed by atoms with van der Waals surface area (Å²) in [5, 5.41) is 37.3. The summed E-state index contributed by atoms with van der Waals surface area (Å²) in [6, 6.07) is 10.1. The van der Waals surface area contributed by atoms with Gasteiger partial charge in [0.15, 0.2) is 0 Å². The van der Waals surface area contributed by atoms with Crippen LogP contribution in [0.15, 0.2) is 45.0 Å². The van der Waals surface area contributed by atoms with Crippen molar-refractivity contribution in [2.45, 2.75) is 13.3 Å². The van der Waals surface area contributed by atoms with Gasteiger partial charge in [0.2, 0.25) is 0 Å². The third-order valence-corrected chi connectivity index (χ3v) is 4.77. The maximum absolute atomic E-state index is 10.9. The van der Waals surface area contributed by atoms with Crippen molar-refractivity contribution in [2.75, 3.05) is 24.6 Å². The Labute approximate surface area is 175 Å². The van der Waals surface area contributed by atoms with E-state index >= 15 is 0 Å². The molecule has 0 saturated carbocycles. The van der Waals surface area contributed by atoms with Crippen molar-refractivity contribution < 1.29 is 10.0 Å². The Kier molecular flexibility index (Phi) is 7.87. The third-order valence-electron chi connectivity index (χ3n) is 3.88. The SMILES string of the molecule is Cc1cc(N(CCO)CCC#N)ccc1N=Nc1c(Cl)cc([N+](=O)[O-])cc1Br. The molecule has 28 heavy (non-hydrogen) atoms. The third kappa shape index (κ3) is 5.48. The summed E-state index contributed by atoms with van der Waals surface area (Å²) < 4.78 is 0.371. The molecule has 0 heterocycles. The van der Waals surface area contributed by atoms with E-state index < -0.39 is 4.92 Å². The van der Waals surface area contributed by atoms with Gasteiger partial charge in [-0.25, -0.2) is 0 Å². The lowest BCUT2D eigenvalue weighted by atomic mass is 10.1. The molecule has 8 nitrogen and oxygen atoms in total. The summed E-state index contributed by atoms with van der Waals surface area (Å²) in [4.78, 5) is 12.3. The van der Waals surface area contributed by atoms with E-state index in [0.717, 1.165) is 11.3 Å². The number of hydrogen-bond acceptors (Lipinski definition) is 7. The van der Waals surface area contributed by atoms with Gasteiger partial charge < -0.3 is 10.0 Å². The Bertz CT molecular complexity index is 922. The number of halogens is 2. The highest BCUT2D eigenvalue weighted by molar-refractivity contribution is 9.10. The molecule has 0 aromatic heterocycles. The maximum atomic E-state index is 10.9. The number of non-ortho nitro benzene ring substituents is 1. The van der Waals surface area contributed by atoms with Gasteiger partial charge in [-0.15, -0.1) is 5.11 Å². The molecule has 0 unspecified atom stereocenters. The lowest BCUT2D eigenvalue weighted by molar-refractivity contribution is -0.384. The predicted molar refractivity (Wildman–Crippen MR) is 111 cm³/mol. The molecule has 1 N–H and O–H groups in total. The Morgan fingerprint density at radius 3 is 2.64 bits per heavy atom. The van der Waals surface area contributed by atoms with Crippen LogP contribution in [0, 0.1) is 28.4 Å². The van der Waals surface area contributed by atoms with Crippen LogP contribution in [-0.4, -0.2) is 29.7 Å². The second-order valence-corrected chi connectivity index (χ2v) is 7.07. The molecule has 0 radical (unpaired) electrons. The Morgan fingerprint density at radius 2 is 2.07 bits per heavy atom. The number of aryl methyl sites for hydroxylation is 1. The molecule has 2 aromatic carbocycles. The van der Waals surface area contributed by atoms with Crippen molar-refractivity contribution in [3.8, 4) is 6.07 Å². The van der Waals surface area contributed by atoms with Crippen molar-refractivity contribution in [3.05, 3.63) is 55.5 Å². The van der Waals surface area contributed by atoms with Crippen LogP contribution in [0.5, 0.6) is 0 Å². The fourth-order valence-electron chi connectivity index (χ4n) is 2.48. The van der Waals surface area contributed by atoms with E-state index in [9.17, 15) is 15.2 Å². The van der Waals surface area contributed by atoms with Crippen molar-refractivity contribution >= 4 is 50.3 Å². The minimum Gasteiger partial charge on any atom is -0.395 e. The number of nitriles is 1. The monoisotopic (exact) mass is 465 g/mol. The first-order valence-electron chi connectivity index (χ1n) is 8.26. The largest absolute Gasteiger partial charge is 0.395 e. The minimum atomic E-state index is -0.537. The standard InChI is InChI=1S/C18H17BrClN5O3/c1-12-9-13(24(7-8-26)6-2-5-21)3-4-17(12)22-23-18-15(19)10-14(25(27)28)11-16(18)20/h3-4,9-11,26H,2,6-8H2,1H3. The molecule has 0 amide bonds.